The number of esters is 1. The number of hydrogen-bond acceptors (Lipinski definition) is 4. The molecular weight excluding hydrogens is 290 g/mol. The van der Waals surface area contributed by atoms with E-state index in [1.54, 1.807) is 0 Å². The summed E-state index contributed by atoms with van der Waals surface area (Å²) in [7, 11) is 0. The Bertz CT molecular complexity index is 654. The third-order valence-corrected chi connectivity index (χ3v) is 4.18. The van der Waals surface area contributed by atoms with Crippen LogP contribution in [0.5, 0.6) is 0 Å². The molecule has 0 bridgehead atoms. The van der Waals surface area contributed by atoms with Gasteiger partial charge in [-0.1, -0.05) is 54.6 Å². The van der Waals surface area contributed by atoms with E-state index in [2.05, 4.69) is 41.7 Å². The summed E-state index contributed by atoms with van der Waals surface area (Å²) in [5, 5.41) is 13.2. The van der Waals surface area contributed by atoms with Crippen molar-refractivity contribution in [2.45, 2.75) is 31.6 Å². The van der Waals surface area contributed by atoms with Gasteiger partial charge in [-0.05, 0) is 23.1 Å². The molecule has 0 aliphatic carbocycles. The van der Waals surface area contributed by atoms with Crippen LogP contribution in [-0.4, -0.2) is 35.9 Å². The molecule has 1 aliphatic heterocycles. The molecule has 4 nitrogen and oxygen atoms in total. The number of nitrogens with one attached hydrogen (secondary N) is 1. The number of aliphatic hydroxyl groups excluding tert-OH is 1. The fourth-order valence-electron chi connectivity index (χ4n) is 3.03. The van der Waals surface area contributed by atoms with Crippen LogP contribution in [0.4, 0.5) is 0 Å². The molecule has 0 amide bonds. The first-order valence-electron chi connectivity index (χ1n) is 7.86. The normalized spacial score (nSPS) is 23.7. The Morgan fingerprint density at radius 2 is 1.78 bits per heavy atom. The first kappa shape index (κ1) is 15.7. The predicted molar refractivity (Wildman–Crippen MR) is 88.9 cm³/mol. The minimum Gasteiger partial charge on any atom is -0.458 e. The second-order valence-corrected chi connectivity index (χ2v) is 5.92. The quantitative estimate of drug-likeness (QED) is 0.850. The van der Waals surface area contributed by atoms with E-state index >= 15 is 0 Å². The molecule has 0 saturated carbocycles. The maximum absolute atomic E-state index is 11.2. The van der Waals surface area contributed by atoms with Gasteiger partial charge in [0.15, 0.2) is 0 Å². The number of hydrogen-bond donors (Lipinski definition) is 2. The predicted octanol–water partition coefficient (Wildman–Crippen LogP) is 2.16. The van der Waals surface area contributed by atoms with E-state index in [0.717, 1.165) is 5.56 Å². The van der Waals surface area contributed by atoms with Gasteiger partial charge in [-0.2, -0.15) is 0 Å². The van der Waals surface area contributed by atoms with E-state index in [0.29, 0.717) is 13.0 Å². The van der Waals surface area contributed by atoms with Crippen molar-refractivity contribution in [3.05, 3.63) is 60.2 Å². The Hall–Kier alpha value is -2.17. The van der Waals surface area contributed by atoms with Crippen LogP contribution in [0.2, 0.25) is 0 Å². The minimum absolute atomic E-state index is 0.0588. The summed E-state index contributed by atoms with van der Waals surface area (Å²) < 4.78 is 5.25. The zero-order valence-corrected chi connectivity index (χ0v) is 13.1. The lowest BCUT2D eigenvalue weighted by Gasteiger charge is -2.21. The number of carbonyl (C=O) groups excluding carboxylic acids is 1. The molecule has 2 aromatic carbocycles. The van der Waals surface area contributed by atoms with Crippen LogP contribution in [0.15, 0.2) is 54.6 Å². The van der Waals surface area contributed by atoms with Gasteiger partial charge in [0.25, 0.3) is 0 Å². The average molecular weight is 311 g/mol. The SMILES string of the molecule is CC(=O)O[C@@H]1[C@@H](O)CN[C@@H]1Cc1ccc(-c2ccccc2)cc1. The Morgan fingerprint density at radius 1 is 1.13 bits per heavy atom. The van der Waals surface area contributed by atoms with Gasteiger partial charge in [0, 0.05) is 13.5 Å². The van der Waals surface area contributed by atoms with Crippen molar-refractivity contribution in [1.29, 1.82) is 0 Å². The minimum atomic E-state index is -0.646. The van der Waals surface area contributed by atoms with Crippen LogP contribution < -0.4 is 5.32 Å². The first-order valence-corrected chi connectivity index (χ1v) is 7.86. The van der Waals surface area contributed by atoms with Gasteiger partial charge in [-0.25, -0.2) is 0 Å². The molecule has 23 heavy (non-hydrogen) atoms. The molecule has 120 valence electrons. The van der Waals surface area contributed by atoms with Crippen molar-refractivity contribution >= 4 is 5.97 Å². The number of carbonyl (C=O) groups is 1. The highest BCUT2D eigenvalue weighted by atomic mass is 16.6. The topological polar surface area (TPSA) is 58.6 Å². The molecule has 1 saturated heterocycles. The molecule has 0 radical (unpaired) electrons. The lowest BCUT2D eigenvalue weighted by atomic mass is 9.98. The van der Waals surface area contributed by atoms with E-state index in [4.69, 9.17) is 4.74 Å². The van der Waals surface area contributed by atoms with E-state index < -0.39 is 12.2 Å². The summed E-state index contributed by atoms with van der Waals surface area (Å²) in [5.41, 5.74) is 3.50. The molecule has 2 aromatic rings. The van der Waals surface area contributed by atoms with E-state index in [-0.39, 0.29) is 12.0 Å². The summed E-state index contributed by atoms with van der Waals surface area (Å²) in [6.45, 7) is 1.82. The Morgan fingerprint density at radius 3 is 2.43 bits per heavy atom. The van der Waals surface area contributed by atoms with Gasteiger partial charge in [0.05, 0.1) is 6.04 Å². The molecule has 1 aliphatic rings. The molecule has 2 N–H and O–H groups in total. The van der Waals surface area contributed by atoms with Crippen LogP contribution >= 0.6 is 0 Å². The Balaban J connectivity index is 1.69. The number of aliphatic hydroxyl groups is 1. The van der Waals surface area contributed by atoms with Gasteiger partial charge in [-0.15, -0.1) is 0 Å². The van der Waals surface area contributed by atoms with E-state index in [9.17, 15) is 9.90 Å². The average Bonchev–Trinajstić information content (AvgIpc) is 2.89. The molecule has 4 heteroatoms. The summed E-state index contributed by atoms with van der Waals surface area (Å²) in [6, 6.07) is 18.5. The van der Waals surface area contributed by atoms with Crippen molar-refractivity contribution in [2.24, 2.45) is 0 Å². The maximum atomic E-state index is 11.2. The standard InChI is InChI=1S/C19H21NO3/c1-13(21)23-19-17(20-12-18(19)22)11-14-7-9-16(10-8-14)15-5-3-2-4-6-15/h2-10,17-20,22H,11-12H2,1H3/t17-,18+,19+/m1/s1. The van der Waals surface area contributed by atoms with Gasteiger partial charge in [0.2, 0.25) is 0 Å². The van der Waals surface area contributed by atoms with Crippen LogP contribution in [-0.2, 0) is 16.0 Å². The fourth-order valence-corrected chi connectivity index (χ4v) is 3.03. The molecule has 1 heterocycles. The maximum Gasteiger partial charge on any atom is 0.303 e. The van der Waals surface area contributed by atoms with Crippen LogP contribution in [0.25, 0.3) is 11.1 Å². The lowest BCUT2D eigenvalue weighted by molar-refractivity contribution is -0.151. The van der Waals surface area contributed by atoms with Crippen LogP contribution in [0.1, 0.15) is 12.5 Å². The highest BCUT2D eigenvalue weighted by molar-refractivity contribution is 5.66. The second-order valence-electron chi connectivity index (χ2n) is 5.92. The van der Waals surface area contributed by atoms with Gasteiger partial charge >= 0.3 is 5.97 Å². The first-order chi connectivity index (χ1) is 11.1. The molecule has 0 spiro atoms. The van der Waals surface area contributed by atoms with Crippen molar-refractivity contribution in [3.8, 4) is 11.1 Å². The summed E-state index contributed by atoms with van der Waals surface area (Å²) in [6.07, 6.45) is -0.418. The third-order valence-electron chi connectivity index (χ3n) is 4.18. The summed E-state index contributed by atoms with van der Waals surface area (Å²) >= 11 is 0. The number of β-amino-alcohol motifs (C(OH)–C–C–N with tert-alkyl or cyclic N) is 1. The van der Waals surface area contributed by atoms with E-state index in [1.807, 2.05) is 18.2 Å². The Kier molecular flexibility index (Phi) is 4.74. The zero-order valence-electron chi connectivity index (χ0n) is 13.1. The van der Waals surface area contributed by atoms with Crippen molar-refractivity contribution in [2.75, 3.05) is 6.54 Å². The summed E-state index contributed by atoms with van der Waals surface area (Å²) in [4.78, 5) is 11.2. The van der Waals surface area contributed by atoms with Crippen LogP contribution in [0, 0.1) is 0 Å². The Labute approximate surface area is 136 Å². The zero-order chi connectivity index (χ0) is 16.2. The molecule has 3 atom stereocenters. The fraction of sp³-hybridized carbons (Fsp3) is 0.316. The molecule has 3 rings (SSSR count). The highest BCUT2D eigenvalue weighted by Gasteiger charge is 2.37. The number of ether oxygens (including phenoxy) is 1. The largest absolute Gasteiger partial charge is 0.458 e. The highest BCUT2D eigenvalue weighted by Crippen LogP contribution is 2.22. The monoisotopic (exact) mass is 311 g/mol. The second kappa shape index (κ2) is 6.94. The van der Waals surface area contributed by atoms with Crippen LogP contribution in [0.3, 0.4) is 0 Å². The van der Waals surface area contributed by atoms with E-state index in [1.165, 1.54) is 18.1 Å². The van der Waals surface area contributed by atoms with Gasteiger partial charge < -0.3 is 15.2 Å². The smallest absolute Gasteiger partial charge is 0.303 e. The molecule has 0 unspecified atom stereocenters. The van der Waals surface area contributed by atoms with Gasteiger partial charge in [-0.3, -0.25) is 4.79 Å². The number of rotatable bonds is 4. The number of benzene rings is 2. The van der Waals surface area contributed by atoms with Crippen molar-refractivity contribution in [1.82, 2.24) is 5.32 Å². The lowest BCUT2D eigenvalue weighted by Crippen LogP contribution is -2.38. The third kappa shape index (κ3) is 3.78. The molecule has 1 fully saturated rings. The van der Waals surface area contributed by atoms with Crippen molar-refractivity contribution in [3.63, 3.8) is 0 Å². The molecule has 0 aromatic heterocycles. The van der Waals surface area contributed by atoms with Gasteiger partial charge in [0.1, 0.15) is 12.2 Å². The summed E-state index contributed by atoms with van der Waals surface area (Å²) in [5.74, 6) is -0.359. The van der Waals surface area contributed by atoms with Crippen molar-refractivity contribution < 1.29 is 14.6 Å². The molecular formula is C19H21NO3.